The second kappa shape index (κ2) is 6.20. The molecule has 0 saturated carbocycles. The highest BCUT2D eigenvalue weighted by Gasteiger charge is 2.31. The van der Waals surface area contributed by atoms with E-state index in [9.17, 15) is 18.3 Å². The first-order chi connectivity index (χ1) is 11.4. The molecule has 0 atom stereocenters. The number of nitrogens with one attached hydrogen (secondary N) is 1. The zero-order chi connectivity index (χ0) is 17.3. The summed E-state index contributed by atoms with van der Waals surface area (Å²) in [5, 5.41) is 9.81. The molecule has 24 heavy (non-hydrogen) atoms. The van der Waals surface area contributed by atoms with Gasteiger partial charge in [-0.3, -0.25) is 0 Å². The number of fused-ring (bicyclic) bond motifs is 1. The van der Waals surface area contributed by atoms with Crippen LogP contribution in [0.3, 0.4) is 0 Å². The van der Waals surface area contributed by atoms with Crippen molar-refractivity contribution in [2.75, 3.05) is 0 Å². The Kier molecular flexibility index (Phi) is 4.24. The van der Waals surface area contributed by atoms with Gasteiger partial charge in [-0.25, -0.2) is 0 Å². The molecule has 0 radical (unpaired) electrons. The summed E-state index contributed by atoms with van der Waals surface area (Å²) >= 11 is 0. The maximum Gasteiger partial charge on any atom is 0.416 e. The lowest BCUT2D eigenvalue weighted by Gasteiger charge is -2.11. The lowest BCUT2D eigenvalue weighted by molar-refractivity contribution is -0.137. The molecule has 1 heterocycles. The molecule has 0 bridgehead atoms. The number of aliphatic hydroxyl groups is 1. The molecule has 0 fully saturated rings. The molecule has 1 aromatic heterocycles. The molecule has 3 nitrogen and oxygen atoms in total. The SMILES string of the molecule is CCc1ccccc1Oc1c(CO)[nH]c2ccc(C(F)(F)F)cc12. The molecule has 0 saturated heterocycles. The summed E-state index contributed by atoms with van der Waals surface area (Å²) in [5.41, 5.74) is 1.00. The Morgan fingerprint density at radius 2 is 1.88 bits per heavy atom. The van der Waals surface area contributed by atoms with Crippen molar-refractivity contribution in [3.63, 3.8) is 0 Å². The highest BCUT2D eigenvalue weighted by atomic mass is 19.4. The van der Waals surface area contributed by atoms with Crippen molar-refractivity contribution in [3.05, 3.63) is 59.3 Å². The van der Waals surface area contributed by atoms with E-state index in [4.69, 9.17) is 4.74 Å². The summed E-state index contributed by atoms with van der Waals surface area (Å²) in [7, 11) is 0. The van der Waals surface area contributed by atoms with Crippen molar-refractivity contribution in [1.29, 1.82) is 0 Å². The second-order valence-electron chi connectivity index (χ2n) is 5.41. The van der Waals surface area contributed by atoms with Crippen LogP contribution < -0.4 is 4.74 Å². The van der Waals surface area contributed by atoms with Gasteiger partial charge in [0.1, 0.15) is 5.75 Å². The van der Waals surface area contributed by atoms with Crippen LogP contribution in [0.15, 0.2) is 42.5 Å². The van der Waals surface area contributed by atoms with Gasteiger partial charge in [-0.2, -0.15) is 13.2 Å². The topological polar surface area (TPSA) is 45.2 Å². The normalized spacial score (nSPS) is 11.9. The van der Waals surface area contributed by atoms with Crippen LogP contribution in [0, 0.1) is 0 Å². The number of rotatable bonds is 4. The average Bonchev–Trinajstić information content (AvgIpc) is 2.91. The number of aryl methyl sites for hydroxylation is 1. The Labute approximate surface area is 136 Å². The largest absolute Gasteiger partial charge is 0.454 e. The van der Waals surface area contributed by atoms with Gasteiger partial charge in [-0.15, -0.1) is 0 Å². The third-order valence-corrected chi connectivity index (χ3v) is 3.87. The van der Waals surface area contributed by atoms with Crippen molar-refractivity contribution in [2.45, 2.75) is 26.1 Å². The zero-order valence-corrected chi connectivity index (χ0v) is 12.9. The number of ether oxygens (including phenoxy) is 1. The number of aliphatic hydroxyl groups excluding tert-OH is 1. The van der Waals surface area contributed by atoms with Gasteiger partial charge in [-0.1, -0.05) is 25.1 Å². The highest BCUT2D eigenvalue weighted by Crippen LogP contribution is 2.39. The first-order valence-electron chi connectivity index (χ1n) is 7.52. The Bertz CT molecular complexity index is 868. The Balaban J connectivity index is 2.14. The fourth-order valence-corrected chi connectivity index (χ4v) is 2.63. The zero-order valence-electron chi connectivity index (χ0n) is 12.9. The molecular formula is C18H16F3NO2. The quantitative estimate of drug-likeness (QED) is 0.702. The van der Waals surface area contributed by atoms with Crippen LogP contribution in [0.5, 0.6) is 11.5 Å². The van der Waals surface area contributed by atoms with Gasteiger partial charge in [0.15, 0.2) is 5.75 Å². The minimum absolute atomic E-state index is 0.222. The maximum absolute atomic E-state index is 13.0. The van der Waals surface area contributed by atoms with Crippen molar-refractivity contribution < 1.29 is 23.0 Å². The molecule has 0 aliphatic rings. The Morgan fingerprint density at radius 3 is 2.54 bits per heavy atom. The van der Waals surface area contributed by atoms with Gasteiger partial charge in [0.25, 0.3) is 0 Å². The molecule has 0 spiro atoms. The average molecular weight is 335 g/mol. The van der Waals surface area contributed by atoms with E-state index in [1.165, 1.54) is 6.07 Å². The molecule has 0 unspecified atom stereocenters. The smallest absolute Gasteiger partial charge is 0.416 e. The van der Waals surface area contributed by atoms with E-state index in [0.29, 0.717) is 22.3 Å². The molecule has 3 aromatic rings. The van der Waals surface area contributed by atoms with Gasteiger partial charge in [-0.05, 0) is 36.2 Å². The van der Waals surface area contributed by atoms with Crippen LogP contribution in [0.25, 0.3) is 10.9 Å². The van der Waals surface area contributed by atoms with E-state index in [2.05, 4.69) is 4.98 Å². The molecule has 0 aliphatic carbocycles. The first-order valence-corrected chi connectivity index (χ1v) is 7.52. The van der Waals surface area contributed by atoms with Gasteiger partial charge < -0.3 is 14.8 Å². The van der Waals surface area contributed by atoms with Crippen LogP contribution in [0.4, 0.5) is 13.2 Å². The molecule has 0 aliphatic heterocycles. The first kappa shape index (κ1) is 16.4. The standard InChI is InChI=1S/C18H16F3NO2/c1-2-11-5-3-4-6-16(11)24-17-13-9-12(18(19,20)21)7-8-14(13)22-15(17)10-23/h3-9,22-23H,2,10H2,1H3. The van der Waals surface area contributed by atoms with Crippen molar-refractivity contribution in [1.82, 2.24) is 4.98 Å². The number of benzene rings is 2. The van der Waals surface area contributed by atoms with Crippen LogP contribution in [0.2, 0.25) is 0 Å². The maximum atomic E-state index is 13.0. The fourth-order valence-electron chi connectivity index (χ4n) is 2.63. The Morgan fingerprint density at radius 1 is 1.12 bits per heavy atom. The number of para-hydroxylation sites is 1. The number of halogens is 3. The molecule has 2 aromatic carbocycles. The van der Waals surface area contributed by atoms with Crippen LogP contribution >= 0.6 is 0 Å². The minimum Gasteiger partial charge on any atom is -0.454 e. The van der Waals surface area contributed by atoms with E-state index in [0.717, 1.165) is 24.1 Å². The van der Waals surface area contributed by atoms with Gasteiger partial charge in [0, 0.05) is 10.9 Å². The third-order valence-electron chi connectivity index (χ3n) is 3.87. The lowest BCUT2D eigenvalue weighted by Crippen LogP contribution is -2.04. The van der Waals surface area contributed by atoms with Crippen LogP contribution in [0.1, 0.15) is 23.7 Å². The monoisotopic (exact) mass is 335 g/mol. The van der Waals surface area contributed by atoms with Crippen LogP contribution in [-0.2, 0) is 19.2 Å². The summed E-state index contributed by atoms with van der Waals surface area (Å²) in [5.74, 6) is 0.785. The molecule has 0 amide bonds. The molecular weight excluding hydrogens is 319 g/mol. The second-order valence-corrected chi connectivity index (χ2v) is 5.41. The summed E-state index contributed by atoms with van der Waals surface area (Å²) in [6.07, 6.45) is -3.72. The van der Waals surface area contributed by atoms with Crippen molar-refractivity contribution in [3.8, 4) is 11.5 Å². The minimum atomic E-state index is -4.44. The number of alkyl halides is 3. The lowest BCUT2D eigenvalue weighted by atomic mass is 10.1. The summed E-state index contributed by atoms with van der Waals surface area (Å²) < 4.78 is 44.8. The fraction of sp³-hybridized carbons (Fsp3) is 0.222. The highest BCUT2D eigenvalue weighted by molar-refractivity contribution is 5.89. The molecule has 3 rings (SSSR count). The van der Waals surface area contributed by atoms with Gasteiger partial charge in [0.2, 0.25) is 0 Å². The summed E-state index contributed by atoms with van der Waals surface area (Å²) in [4.78, 5) is 2.91. The van der Waals surface area contributed by atoms with E-state index < -0.39 is 11.7 Å². The summed E-state index contributed by atoms with van der Waals surface area (Å²) in [6.45, 7) is 1.60. The van der Waals surface area contributed by atoms with Crippen molar-refractivity contribution in [2.24, 2.45) is 0 Å². The van der Waals surface area contributed by atoms with Crippen molar-refractivity contribution >= 4 is 10.9 Å². The van der Waals surface area contributed by atoms with Gasteiger partial charge >= 0.3 is 6.18 Å². The number of hydrogen-bond acceptors (Lipinski definition) is 2. The summed E-state index contributed by atoms with van der Waals surface area (Å²) in [6, 6.07) is 10.7. The van der Waals surface area contributed by atoms with E-state index in [1.807, 2.05) is 19.1 Å². The van der Waals surface area contributed by atoms with E-state index in [-0.39, 0.29) is 12.4 Å². The number of H-pyrrole nitrogens is 1. The number of aromatic nitrogens is 1. The molecule has 6 heteroatoms. The molecule has 2 N–H and O–H groups in total. The number of hydrogen-bond donors (Lipinski definition) is 2. The Hall–Kier alpha value is -2.47. The van der Waals surface area contributed by atoms with E-state index >= 15 is 0 Å². The van der Waals surface area contributed by atoms with E-state index in [1.54, 1.807) is 12.1 Å². The predicted octanol–water partition coefficient (Wildman–Crippen LogP) is 5.03. The number of aromatic amines is 1. The predicted molar refractivity (Wildman–Crippen MR) is 85.1 cm³/mol. The molecule has 126 valence electrons. The van der Waals surface area contributed by atoms with Crippen LogP contribution in [-0.4, -0.2) is 10.1 Å². The van der Waals surface area contributed by atoms with Gasteiger partial charge in [0.05, 0.1) is 17.9 Å². The third kappa shape index (κ3) is 2.97.